The minimum absolute atomic E-state index is 0.103. The highest BCUT2D eigenvalue weighted by Gasteiger charge is 2.15. The predicted molar refractivity (Wildman–Crippen MR) is 92.0 cm³/mol. The number of hydrogen-bond acceptors (Lipinski definition) is 5. The number of carbonyl (C=O) groups excluding carboxylic acids is 1. The van der Waals surface area contributed by atoms with Crippen LogP contribution in [0.2, 0.25) is 0 Å². The van der Waals surface area contributed by atoms with Crippen LogP contribution in [0.3, 0.4) is 0 Å². The molecule has 1 aromatic carbocycles. The van der Waals surface area contributed by atoms with E-state index in [1.165, 1.54) is 18.2 Å². The van der Waals surface area contributed by atoms with Gasteiger partial charge in [-0.1, -0.05) is 12.1 Å². The van der Waals surface area contributed by atoms with Crippen LogP contribution in [0.5, 0.6) is 0 Å². The lowest BCUT2D eigenvalue weighted by Gasteiger charge is -2.10. The van der Waals surface area contributed by atoms with Crippen LogP contribution in [0.25, 0.3) is 0 Å². The van der Waals surface area contributed by atoms with Gasteiger partial charge < -0.3 is 9.80 Å². The summed E-state index contributed by atoms with van der Waals surface area (Å²) < 4.78 is 27.1. The van der Waals surface area contributed by atoms with Gasteiger partial charge in [0, 0.05) is 38.5 Å². The maximum Gasteiger partial charge on any atom is 0.240 e. The second-order valence-electron chi connectivity index (χ2n) is 5.73. The average Bonchev–Trinajstić information content (AvgIpc) is 2.49. The first-order chi connectivity index (χ1) is 10.7. The van der Waals surface area contributed by atoms with Crippen LogP contribution in [0.1, 0.15) is 16.8 Å². The first kappa shape index (κ1) is 19.3. The molecule has 0 fully saturated rings. The quantitative estimate of drug-likeness (QED) is 0.416. The van der Waals surface area contributed by atoms with E-state index in [2.05, 4.69) is 4.72 Å². The van der Waals surface area contributed by atoms with Crippen molar-refractivity contribution in [2.45, 2.75) is 11.3 Å². The molecule has 0 heterocycles. The highest BCUT2D eigenvalue weighted by atomic mass is 32.2. The fourth-order valence-corrected chi connectivity index (χ4v) is 2.93. The number of hydrogen-bond donors (Lipinski definition) is 1. The summed E-state index contributed by atoms with van der Waals surface area (Å²) >= 11 is 0. The molecule has 0 aliphatic rings. The van der Waals surface area contributed by atoms with Crippen molar-refractivity contribution in [1.29, 1.82) is 0 Å². The Kier molecular flexibility index (Phi) is 7.41. The van der Waals surface area contributed by atoms with E-state index >= 15 is 0 Å². The van der Waals surface area contributed by atoms with Gasteiger partial charge in [0.25, 0.3) is 0 Å². The maximum absolute atomic E-state index is 12.3. The summed E-state index contributed by atoms with van der Waals surface area (Å²) in [7, 11) is 3.89. The van der Waals surface area contributed by atoms with Crippen LogP contribution in [0, 0.1) is 0 Å². The minimum Gasteiger partial charge on any atom is -0.383 e. The van der Waals surface area contributed by atoms with Crippen LogP contribution in [-0.2, 0) is 10.0 Å². The molecule has 6 nitrogen and oxygen atoms in total. The van der Waals surface area contributed by atoms with E-state index in [0.29, 0.717) is 12.1 Å². The molecule has 0 aliphatic carbocycles. The van der Waals surface area contributed by atoms with E-state index in [9.17, 15) is 13.2 Å². The summed E-state index contributed by atoms with van der Waals surface area (Å²) in [4.78, 5) is 15.9. The van der Waals surface area contributed by atoms with Crippen molar-refractivity contribution in [1.82, 2.24) is 14.5 Å². The summed E-state index contributed by atoms with van der Waals surface area (Å²) in [6.45, 7) is 1.16. The lowest BCUT2D eigenvalue weighted by Crippen LogP contribution is -2.27. The Labute approximate surface area is 138 Å². The molecular weight excluding hydrogens is 314 g/mol. The van der Waals surface area contributed by atoms with Crippen molar-refractivity contribution in [3.8, 4) is 0 Å². The number of carbonyl (C=O) groups is 1. The third kappa shape index (κ3) is 6.94. The van der Waals surface area contributed by atoms with Crippen LogP contribution in [0.15, 0.2) is 41.4 Å². The fraction of sp³-hybridized carbons (Fsp3) is 0.438. The molecule has 0 atom stereocenters. The van der Waals surface area contributed by atoms with Crippen molar-refractivity contribution in [2.24, 2.45) is 0 Å². The Bertz CT molecular complexity index is 652. The standard InChI is InChI=1S/C16H25N3O3S/c1-18(2)11-6-10-17-23(21,22)15-8-5-7-14(13-15)16(20)9-12-19(3)4/h5,7-9,12-13,17H,6,10-11H2,1-4H3/b12-9+. The van der Waals surface area contributed by atoms with Gasteiger partial charge in [-0.05, 0) is 39.2 Å². The molecule has 1 aromatic rings. The van der Waals surface area contributed by atoms with Gasteiger partial charge in [0.05, 0.1) is 4.90 Å². The summed E-state index contributed by atoms with van der Waals surface area (Å²) in [5, 5.41) is 0. The predicted octanol–water partition coefficient (Wildman–Crippen LogP) is 1.17. The zero-order valence-electron chi connectivity index (χ0n) is 14.1. The highest BCUT2D eigenvalue weighted by Crippen LogP contribution is 2.12. The number of allylic oxidation sites excluding steroid dienone is 1. The molecule has 0 aliphatic heterocycles. The van der Waals surface area contributed by atoms with Gasteiger partial charge in [0.2, 0.25) is 10.0 Å². The Hall–Kier alpha value is -1.70. The summed E-state index contributed by atoms with van der Waals surface area (Å²) in [5.41, 5.74) is 0.347. The molecule has 1 rings (SSSR count). The van der Waals surface area contributed by atoms with Gasteiger partial charge in [-0.3, -0.25) is 4.79 Å². The molecule has 0 amide bonds. The Morgan fingerprint density at radius 3 is 2.52 bits per heavy atom. The van der Waals surface area contributed by atoms with Gasteiger partial charge in [-0.25, -0.2) is 13.1 Å². The van der Waals surface area contributed by atoms with E-state index in [4.69, 9.17) is 0 Å². The van der Waals surface area contributed by atoms with Crippen LogP contribution in [-0.4, -0.2) is 65.3 Å². The summed E-state index contributed by atoms with van der Waals surface area (Å²) in [5.74, 6) is -0.233. The summed E-state index contributed by atoms with van der Waals surface area (Å²) in [6, 6.07) is 6.07. The van der Waals surface area contributed by atoms with Gasteiger partial charge in [-0.15, -0.1) is 0 Å². The Morgan fingerprint density at radius 1 is 1.22 bits per heavy atom. The van der Waals surface area contributed by atoms with Crippen molar-refractivity contribution in [2.75, 3.05) is 41.3 Å². The third-order valence-corrected chi connectivity index (χ3v) is 4.49. The minimum atomic E-state index is -3.60. The average molecular weight is 339 g/mol. The lowest BCUT2D eigenvalue weighted by atomic mass is 10.1. The number of rotatable bonds is 9. The van der Waals surface area contributed by atoms with Crippen molar-refractivity contribution < 1.29 is 13.2 Å². The molecular formula is C16H25N3O3S. The zero-order chi connectivity index (χ0) is 17.5. The molecule has 0 aromatic heterocycles. The van der Waals surface area contributed by atoms with E-state index in [1.807, 2.05) is 33.1 Å². The van der Waals surface area contributed by atoms with Crippen molar-refractivity contribution >= 4 is 15.8 Å². The fourth-order valence-electron chi connectivity index (χ4n) is 1.81. The molecule has 0 bridgehead atoms. The Morgan fingerprint density at radius 2 is 1.91 bits per heavy atom. The molecule has 128 valence electrons. The number of sulfonamides is 1. The van der Waals surface area contributed by atoms with E-state index in [-0.39, 0.29) is 10.7 Å². The normalized spacial score (nSPS) is 12.0. The maximum atomic E-state index is 12.3. The zero-order valence-corrected chi connectivity index (χ0v) is 14.9. The molecule has 0 unspecified atom stereocenters. The van der Waals surface area contributed by atoms with Gasteiger partial charge >= 0.3 is 0 Å². The monoisotopic (exact) mass is 339 g/mol. The number of benzene rings is 1. The molecule has 0 saturated heterocycles. The van der Waals surface area contributed by atoms with Crippen molar-refractivity contribution in [3.05, 3.63) is 42.1 Å². The third-order valence-electron chi connectivity index (χ3n) is 3.03. The molecule has 7 heteroatoms. The van der Waals surface area contributed by atoms with Crippen molar-refractivity contribution in [3.63, 3.8) is 0 Å². The summed E-state index contributed by atoms with van der Waals surface area (Å²) in [6.07, 6.45) is 3.76. The Balaban J connectivity index is 2.80. The largest absolute Gasteiger partial charge is 0.383 e. The lowest BCUT2D eigenvalue weighted by molar-refractivity contribution is 0.104. The van der Waals surface area contributed by atoms with Crippen LogP contribution in [0.4, 0.5) is 0 Å². The van der Waals surface area contributed by atoms with E-state index < -0.39 is 10.0 Å². The highest BCUT2D eigenvalue weighted by molar-refractivity contribution is 7.89. The number of nitrogens with one attached hydrogen (secondary N) is 1. The van der Waals surface area contributed by atoms with E-state index in [1.54, 1.807) is 23.2 Å². The second-order valence-corrected chi connectivity index (χ2v) is 7.49. The molecule has 0 radical (unpaired) electrons. The molecule has 0 saturated carbocycles. The van der Waals surface area contributed by atoms with Gasteiger partial charge in [0.15, 0.2) is 5.78 Å². The number of ketones is 1. The van der Waals surface area contributed by atoms with E-state index in [0.717, 1.165) is 13.0 Å². The SMILES string of the molecule is CN(C)/C=C/C(=O)c1cccc(S(=O)(=O)NCCCN(C)C)c1. The van der Waals surface area contributed by atoms with Gasteiger partial charge in [-0.2, -0.15) is 0 Å². The first-order valence-corrected chi connectivity index (χ1v) is 8.84. The van der Waals surface area contributed by atoms with Crippen LogP contribution < -0.4 is 4.72 Å². The smallest absolute Gasteiger partial charge is 0.240 e. The second kappa shape index (κ2) is 8.81. The first-order valence-electron chi connectivity index (χ1n) is 7.36. The number of nitrogens with zero attached hydrogens (tertiary/aromatic N) is 2. The van der Waals surface area contributed by atoms with Crippen LogP contribution >= 0.6 is 0 Å². The molecule has 0 spiro atoms. The molecule has 1 N–H and O–H groups in total. The molecule has 23 heavy (non-hydrogen) atoms. The van der Waals surface area contributed by atoms with Gasteiger partial charge in [0.1, 0.15) is 0 Å². The topological polar surface area (TPSA) is 69.7 Å².